The molecule has 0 saturated heterocycles. The van der Waals surface area contributed by atoms with Gasteiger partial charge in [-0.25, -0.2) is 4.98 Å². The highest BCUT2D eigenvalue weighted by atomic mass is 32.2. The molecule has 0 spiro atoms. The Hall–Kier alpha value is -1.07. The van der Waals surface area contributed by atoms with E-state index in [-0.39, 0.29) is 5.91 Å². The number of nitrogens with one attached hydrogen (secondary N) is 1. The third-order valence-electron chi connectivity index (χ3n) is 3.57. The van der Waals surface area contributed by atoms with Gasteiger partial charge in [-0.2, -0.15) is 0 Å². The fraction of sp³-hybridized carbons (Fsp3) is 0.571. The average molecular weight is 280 g/mol. The van der Waals surface area contributed by atoms with E-state index in [0.29, 0.717) is 12.1 Å². The van der Waals surface area contributed by atoms with Crippen molar-refractivity contribution in [3.8, 4) is 0 Å². The van der Waals surface area contributed by atoms with Gasteiger partial charge in [-0.15, -0.1) is 11.8 Å². The fourth-order valence-corrected chi connectivity index (χ4v) is 3.00. The summed E-state index contributed by atoms with van der Waals surface area (Å²) in [6, 6.07) is 3.52. The third-order valence-corrected chi connectivity index (χ3v) is 4.28. The van der Waals surface area contributed by atoms with E-state index < -0.39 is 5.60 Å². The van der Waals surface area contributed by atoms with Gasteiger partial charge in [0.1, 0.15) is 5.03 Å². The molecule has 1 aliphatic carbocycles. The lowest BCUT2D eigenvalue weighted by atomic mass is 9.85. The van der Waals surface area contributed by atoms with Gasteiger partial charge < -0.3 is 10.4 Å². The number of hydrogen-bond donors (Lipinski definition) is 2. The minimum Gasteiger partial charge on any atom is -0.388 e. The first kappa shape index (κ1) is 14.3. The van der Waals surface area contributed by atoms with Gasteiger partial charge in [0.05, 0.1) is 11.2 Å². The van der Waals surface area contributed by atoms with Crippen LogP contribution in [0.15, 0.2) is 23.4 Å². The molecule has 1 fully saturated rings. The van der Waals surface area contributed by atoms with Gasteiger partial charge >= 0.3 is 0 Å². The van der Waals surface area contributed by atoms with Crippen molar-refractivity contribution >= 4 is 17.7 Å². The summed E-state index contributed by atoms with van der Waals surface area (Å²) in [6.45, 7) is 0.328. The summed E-state index contributed by atoms with van der Waals surface area (Å²) in [4.78, 5) is 16.3. The molecule has 1 amide bonds. The molecule has 0 unspecified atom stereocenters. The van der Waals surface area contributed by atoms with Crippen molar-refractivity contribution in [2.45, 2.75) is 42.7 Å². The first-order chi connectivity index (χ1) is 9.14. The van der Waals surface area contributed by atoms with Crippen molar-refractivity contribution in [1.29, 1.82) is 0 Å². The van der Waals surface area contributed by atoms with E-state index in [2.05, 4.69) is 10.3 Å². The first-order valence-corrected chi connectivity index (χ1v) is 7.87. The van der Waals surface area contributed by atoms with Crippen LogP contribution in [0.4, 0.5) is 0 Å². The molecular weight excluding hydrogens is 260 g/mol. The van der Waals surface area contributed by atoms with Gasteiger partial charge in [0, 0.05) is 12.7 Å². The Morgan fingerprint density at radius 3 is 2.89 bits per heavy atom. The molecular formula is C14H20N2O2S. The molecule has 0 atom stereocenters. The molecule has 0 aromatic carbocycles. The Kier molecular flexibility index (Phi) is 4.82. The maximum absolute atomic E-state index is 12.1. The molecule has 1 heterocycles. The standard InChI is InChI=1S/C14H20N2O2S/c1-19-13-11(6-5-9-15-13)12(17)16-10-14(18)7-3-2-4-8-14/h5-6,9,18H,2-4,7-8,10H2,1H3,(H,16,17). The van der Waals surface area contributed by atoms with Crippen molar-refractivity contribution < 1.29 is 9.90 Å². The van der Waals surface area contributed by atoms with Gasteiger partial charge in [0.25, 0.3) is 5.91 Å². The summed E-state index contributed by atoms with van der Waals surface area (Å²) in [5.74, 6) is -0.156. The third kappa shape index (κ3) is 3.70. The number of carbonyl (C=O) groups is 1. The summed E-state index contributed by atoms with van der Waals surface area (Å²) in [7, 11) is 0. The normalized spacial score (nSPS) is 18.0. The topological polar surface area (TPSA) is 62.2 Å². The van der Waals surface area contributed by atoms with Gasteiger partial charge in [0.2, 0.25) is 0 Å². The quantitative estimate of drug-likeness (QED) is 0.830. The van der Waals surface area contributed by atoms with Gasteiger partial charge in [-0.3, -0.25) is 4.79 Å². The molecule has 0 aliphatic heterocycles. The molecule has 104 valence electrons. The number of aliphatic hydroxyl groups is 1. The van der Waals surface area contributed by atoms with Crippen LogP contribution in [0.25, 0.3) is 0 Å². The van der Waals surface area contributed by atoms with Crippen molar-refractivity contribution in [3.05, 3.63) is 23.9 Å². The Bertz CT molecular complexity index is 445. The molecule has 19 heavy (non-hydrogen) atoms. The van der Waals surface area contributed by atoms with E-state index in [0.717, 1.165) is 30.7 Å². The molecule has 1 aromatic rings. The minimum atomic E-state index is -0.727. The van der Waals surface area contributed by atoms with E-state index in [1.807, 2.05) is 6.26 Å². The highest BCUT2D eigenvalue weighted by Crippen LogP contribution is 2.27. The van der Waals surface area contributed by atoms with E-state index in [1.54, 1.807) is 18.3 Å². The predicted molar refractivity (Wildman–Crippen MR) is 76.4 cm³/mol. The van der Waals surface area contributed by atoms with Crippen molar-refractivity contribution in [2.24, 2.45) is 0 Å². The minimum absolute atomic E-state index is 0.156. The summed E-state index contributed by atoms with van der Waals surface area (Å²) < 4.78 is 0. The van der Waals surface area contributed by atoms with Crippen molar-refractivity contribution in [3.63, 3.8) is 0 Å². The number of nitrogens with zero attached hydrogens (tertiary/aromatic N) is 1. The molecule has 1 aliphatic rings. The summed E-state index contributed by atoms with van der Waals surface area (Å²) in [6.07, 6.45) is 8.37. The predicted octanol–water partition coefficient (Wildman–Crippen LogP) is 2.23. The van der Waals surface area contributed by atoms with Crippen LogP contribution in [-0.2, 0) is 0 Å². The van der Waals surface area contributed by atoms with Crippen LogP contribution in [0.3, 0.4) is 0 Å². The lowest BCUT2D eigenvalue weighted by Crippen LogP contribution is -2.44. The SMILES string of the molecule is CSc1ncccc1C(=O)NCC1(O)CCCCC1. The second-order valence-electron chi connectivity index (χ2n) is 5.03. The summed E-state index contributed by atoms with van der Waals surface area (Å²) in [5, 5.41) is 13.9. The molecule has 4 nitrogen and oxygen atoms in total. The maximum Gasteiger partial charge on any atom is 0.254 e. The largest absolute Gasteiger partial charge is 0.388 e. The molecule has 0 radical (unpaired) electrons. The second-order valence-corrected chi connectivity index (χ2v) is 5.82. The van der Waals surface area contributed by atoms with Crippen LogP contribution in [-0.4, -0.2) is 34.4 Å². The Balaban J connectivity index is 1.97. The molecule has 2 rings (SSSR count). The molecule has 0 bridgehead atoms. The van der Waals surface area contributed by atoms with Crippen LogP contribution in [0.2, 0.25) is 0 Å². The van der Waals surface area contributed by atoms with Crippen LogP contribution in [0, 0.1) is 0 Å². The zero-order chi connectivity index (χ0) is 13.7. The molecule has 1 saturated carbocycles. The van der Waals surface area contributed by atoms with Crippen LogP contribution in [0.5, 0.6) is 0 Å². The lowest BCUT2D eigenvalue weighted by Gasteiger charge is -2.32. The zero-order valence-corrected chi connectivity index (χ0v) is 12.0. The zero-order valence-electron chi connectivity index (χ0n) is 11.2. The lowest BCUT2D eigenvalue weighted by molar-refractivity contribution is 0.00522. The van der Waals surface area contributed by atoms with Crippen LogP contribution < -0.4 is 5.32 Å². The summed E-state index contributed by atoms with van der Waals surface area (Å²) >= 11 is 1.45. The number of amides is 1. The molecule has 1 aromatic heterocycles. The van der Waals surface area contributed by atoms with Crippen molar-refractivity contribution in [1.82, 2.24) is 10.3 Å². The number of aromatic nitrogens is 1. The number of hydrogen-bond acceptors (Lipinski definition) is 4. The molecule has 2 N–H and O–H groups in total. The second kappa shape index (κ2) is 6.39. The number of thioether (sulfide) groups is 1. The summed E-state index contributed by atoms with van der Waals surface area (Å²) in [5.41, 5.74) is -0.148. The Morgan fingerprint density at radius 2 is 2.21 bits per heavy atom. The molecule has 5 heteroatoms. The van der Waals surface area contributed by atoms with Gasteiger partial charge in [-0.05, 0) is 31.2 Å². The average Bonchev–Trinajstić information content (AvgIpc) is 2.45. The first-order valence-electron chi connectivity index (χ1n) is 6.64. The van der Waals surface area contributed by atoms with Crippen LogP contribution >= 0.6 is 11.8 Å². The number of rotatable bonds is 4. The Labute approximate surface area is 118 Å². The van der Waals surface area contributed by atoms with E-state index in [4.69, 9.17) is 0 Å². The highest BCUT2D eigenvalue weighted by Gasteiger charge is 2.29. The van der Waals surface area contributed by atoms with Gasteiger partial charge in [-0.1, -0.05) is 19.3 Å². The van der Waals surface area contributed by atoms with E-state index in [9.17, 15) is 9.90 Å². The van der Waals surface area contributed by atoms with Crippen LogP contribution in [0.1, 0.15) is 42.5 Å². The number of pyridine rings is 1. The maximum atomic E-state index is 12.1. The Morgan fingerprint density at radius 1 is 1.47 bits per heavy atom. The van der Waals surface area contributed by atoms with Crippen molar-refractivity contribution in [2.75, 3.05) is 12.8 Å². The monoisotopic (exact) mass is 280 g/mol. The van der Waals surface area contributed by atoms with E-state index in [1.165, 1.54) is 18.2 Å². The van der Waals surface area contributed by atoms with Gasteiger partial charge in [0.15, 0.2) is 0 Å². The number of carbonyl (C=O) groups excluding carboxylic acids is 1. The smallest absolute Gasteiger partial charge is 0.254 e. The fourth-order valence-electron chi connectivity index (χ4n) is 2.45. The highest BCUT2D eigenvalue weighted by molar-refractivity contribution is 7.98. The van der Waals surface area contributed by atoms with E-state index >= 15 is 0 Å².